The van der Waals surface area contributed by atoms with E-state index >= 15 is 9.59 Å². The molecule has 2 aromatic heterocycles. The minimum atomic E-state index is -1.28. The predicted octanol–water partition coefficient (Wildman–Crippen LogP) is 9.22. The summed E-state index contributed by atoms with van der Waals surface area (Å²) in [6, 6.07) is 36.3. The molecule has 16 heteroatoms. The molecular formula is C59H64N6O8S2. The molecule has 0 saturated carbocycles. The summed E-state index contributed by atoms with van der Waals surface area (Å²) in [5.41, 5.74) is 4.53. The van der Waals surface area contributed by atoms with Crippen LogP contribution in [0.25, 0.3) is 0 Å². The lowest BCUT2D eigenvalue weighted by Crippen LogP contribution is -2.67. The number of fused-ring (bicyclic) bond motifs is 4. The quantitative estimate of drug-likeness (QED) is 0.0910. The number of piperazine rings is 2. The summed E-state index contributed by atoms with van der Waals surface area (Å²) in [5.74, 6) is -4.16. The number of likely N-dealkylation sites (tertiary alicyclic amines) is 2. The van der Waals surface area contributed by atoms with Crippen LogP contribution in [-0.4, -0.2) is 144 Å². The van der Waals surface area contributed by atoms with Crippen LogP contribution in [0.3, 0.4) is 0 Å². The lowest BCUT2D eigenvalue weighted by atomic mass is 9.86. The number of benzene rings is 4. The molecular weight excluding hydrogens is 985 g/mol. The topological polar surface area (TPSA) is 165 Å². The maximum atomic E-state index is 15.5. The van der Waals surface area contributed by atoms with Crippen molar-refractivity contribution in [3.63, 3.8) is 0 Å². The van der Waals surface area contributed by atoms with E-state index < -0.39 is 60.2 Å². The third kappa shape index (κ3) is 9.96. The molecule has 4 aromatic carbocycles. The first-order valence-electron chi connectivity index (χ1n) is 25.9. The van der Waals surface area contributed by atoms with E-state index in [1.165, 1.54) is 4.90 Å². The van der Waals surface area contributed by atoms with Crippen LogP contribution in [0.1, 0.15) is 98.5 Å². The van der Waals surface area contributed by atoms with E-state index in [-0.39, 0.29) is 43.1 Å². The number of aliphatic hydroxyl groups excluding tert-OH is 1. The summed E-state index contributed by atoms with van der Waals surface area (Å²) in [4.78, 5) is 85.5. The molecule has 14 nitrogen and oxygen atoms in total. The zero-order chi connectivity index (χ0) is 52.7. The first kappa shape index (κ1) is 51.6. The van der Waals surface area contributed by atoms with Crippen molar-refractivity contribution in [3.05, 3.63) is 187 Å². The summed E-state index contributed by atoms with van der Waals surface area (Å²) in [5, 5.41) is 36.4. The SMILES string of the molecule is CCN(Cc1ccc(C)s1)C(=O)N1[C@H]2CC[C@@H]1[C@@H](C(=O)O)N(C(=O)C(c1ccccc1)c1cccc(C(c3csc(C)c3)N(C)C(=O)N3[C@H]4CC[C@@H]3[C@@H](C(=O)O)N(C(O)C(c3ccccc3)c3ccccc3)C4)c1)C2. The van der Waals surface area contributed by atoms with E-state index in [1.54, 1.807) is 54.2 Å². The number of urea groups is 2. The van der Waals surface area contributed by atoms with E-state index in [0.29, 0.717) is 55.5 Å². The number of carbonyl (C=O) groups is 5. The standard InChI is InChI=1S/C59H64N6O8S2/c1-5-61(34-46-27-24-36(2)75-46)59(73)65-45-26-29-48(65)53(57(70)71)63(33-45)55(67)50(40-20-13-8-14-21-40)41-22-15-23-42(31-41)51(43-30-37(3)74-35-43)60(4)58(72)64-44-25-28-47(64)52(56(68)69)62(32-44)54(66)49(38-16-9-6-10-17-38)39-18-11-7-12-19-39/h6-24,27,30-31,35,44-45,47-54,66H,5,25-26,28-29,32-34H2,1-4H3,(H,68,69)(H,70,71)/t44-,45-,47+,48+,50?,51?,52-,53-,54?/m0/s1. The van der Waals surface area contributed by atoms with Gasteiger partial charge in [0.05, 0.1) is 36.6 Å². The number of hydrogen-bond donors (Lipinski definition) is 3. The number of aryl methyl sites for hydroxylation is 2. The van der Waals surface area contributed by atoms with Gasteiger partial charge in [0.2, 0.25) is 5.91 Å². The summed E-state index contributed by atoms with van der Waals surface area (Å²) in [7, 11) is 1.74. The highest BCUT2D eigenvalue weighted by atomic mass is 32.1. The lowest BCUT2D eigenvalue weighted by Gasteiger charge is -2.49. The van der Waals surface area contributed by atoms with Crippen LogP contribution < -0.4 is 0 Å². The molecule has 4 bridgehead atoms. The Hall–Kier alpha value is -6.85. The second-order valence-electron chi connectivity index (χ2n) is 20.5. The van der Waals surface area contributed by atoms with Gasteiger partial charge in [0.25, 0.3) is 0 Å². The Morgan fingerprint density at radius 1 is 0.627 bits per heavy atom. The molecule has 0 aliphatic carbocycles. The minimum absolute atomic E-state index is 0.0634. The average molecular weight is 1050 g/mol. The van der Waals surface area contributed by atoms with Gasteiger partial charge in [-0.25, -0.2) is 14.4 Å². The van der Waals surface area contributed by atoms with Crippen LogP contribution >= 0.6 is 22.7 Å². The van der Waals surface area contributed by atoms with Crippen molar-refractivity contribution < 1.29 is 39.3 Å². The fraction of sp³-hybridized carbons (Fsp3) is 0.373. The Labute approximate surface area is 446 Å². The second-order valence-corrected chi connectivity index (χ2v) is 23.0. The van der Waals surface area contributed by atoms with Gasteiger partial charge in [-0.1, -0.05) is 115 Å². The van der Waals surface area contributed by atoms with Gasteiger partial charge < -0.3 is 39.8 Å². The Balaban J connectivity index is 0.953. The molecule has 4 saturated heterocycles. The molecule has 9 atom stereocenters. The Kier molecular flexibility index (Phi) is 15.0. The number of carboxylic acids is 2. The van der Waals surface area contributed by atoms with Gasteiger partial charge in [0.15, 0.2) is 0 Å². The van der Waals surface area contributed by atoms with E-state index in [9.17, 15) is 29.7 Å². The number of amides is 5. The van der Waals surface area contributed by atoms with Gasteiger partial charge in [-0.05, 0) is 103 Å². The maximum absolute atomic E-state index is 15.5. The van der Waals surface area contributed by atoms with Crippen molar-refractivity contribution >= 4 is 52.6 Å². The molecule has 6 aromatic rings. The summed E-state index contributed by atoms with van der Waals surface area (Å²) >= 11 is 3.18. The van der Waals surface area contributed by atoms with Gasteiger partial charge in [-0.3, -0.25) is 14.5 Å². The molecule has 75 heavy (non-hydrogen) atoms. The predicted molar refractivity (Wildman–Crippen MR) is 289 cm³/mol. The number of aliphatic carboxylic acids is 2. The molecule has 0 spiro atoms. The Morgan fingerprint density at radius 3 is 1.75 bits per heavy atom. The number of carbonyl (C=O) groups excluding carboxylic acids is 3. The molecule has 6 heterocycles. The van der Waals surface area contributed by atoms with E-state index in [2.05, 4.69) is 0 Å². The van der Waals surface area contributed by atoms with E-state index in [4.69, 9.17) is 0 Å². The summed E-state index contributed by atoms with van der Waals surface area (Å²) in [6.45, 7) is 7.02. The largest absolute Gasteiger partial charge is 0.480 e. The number of thiophene rings is 2. The second kappa shape index (κ2) is 21.8. The third-order valence-corrected chi connectivity index (χ3v) is 17.9. The first-order chi connectivity index (χ1) is 36.2. The number of nitrogens with zero attached hydrogens (tertiary/aromatic N) is 6. The van der Waals surface area contributed by atoms with Crippen LogP contribution in [-0.2, 0) is 20.9 Å². The van der Waals surface area contributed by atoms with Crippen molar-refractivity contribution in [1.29, 1.82) is 0 Å². The van der Waals surface area contributed by atoms with Crippen LogP contribution in [0.2, 0.25) is 0 Å². The highest BCUT2D eigenvalue weighted by Crippen LogP contribution is 2.43. The van der Waals surface area contributed by atoms with Gasteiger partial charge in [-0.2, -0.15) is 0 Å². The van der Waals surface area contributed by atoms with Crippen molar-refractivity contribution in [2.24, 2.45) is 0 Å². The van der Waals surface area contributed by atoms with Gasteiger partial charge in [-0.15, -0.1) is 22.7 Å². The normalized spacial score (nSPS) is 22.5. The molecule has 5 amide bonds. The molecule has 4 aliphatic heterocycles. The maximum Gasteiger partial charge on any atom is 0.328 e. The van der Waals surface area contributed by atoms with Crippen LogP contribution in [0.5, 0.6) is 0 Å². The van der Waals surface area contributed by atoms with E-state index in [1.807, 2.05) is 160 Å². The van der Waals surface area contributed by atoms with Gasteiger partial charge in [0, 0.05) is 53.3 Å². The van der Waals surface area contributed by atoms with Crippen molar-refractivity contribution in [2.45, 2.75) is 113 Å². The van der Waals surface area contributed by atoms with E-state index in [0.717, 1.165) is 31.3 Å². The van der Waals surface area contributed by atoms with Crippen molar-refractivity contribution in [3.8, 4) is 0 Å². The zero-order valence-corrected chi connectivity index (χ0v) is 44.2. The molecule has 0 radical (unpaired) electrons. The fourth-order valence-electron chi connectivity index (χ4n) is 12.7. The molecule has 10 rings (SSSR count). The summed E-state index contributed by atoms with van der Waals surface area (Å²) in [6.07, 6.45) is 0.817. The number of rotatable bonds is 15. The number of carboxylic acid groups (broad SMARTS) is 2. The number of hydrogen-bond acceptors (Lipinski definition) is 9. The zero-order valence-electron chi connectivity index (χ0n) is 42.6. The molecule has 4 aliphatic rings. The monoisotopic (exact) mass is 1050 g/mol. The fourth-order valence-corrected chi connectivity index (χ4v) is 14.3. The van der Waals surface area contributed by atoms with Crippen molar-refractivity contribution in [2.75, 3.05) is 26.7 Å². The molecule has 4 fully saturated rings. The number of aliphatic hydroxyl groups is 1. The third-order valence-electron chi connectivity index (χ3n) is 16.0. The molecule has 3 N–H and O–H groups in total. The highest BCUT2D eigenvalue weighted by molar-refractivity contribution is 7.11. The Morgan fingerprint density at radius 2 is 1.19 bits per heavy atom. The summed E-state index contributed by atoms with van der Waals surface area (Å²) < 4.78 is 0. The smallest absolute Gasteiger partial charge is 0.328 e. The Bertz CT molecular complexity index is 2990. The van der Waals surface area contributed by atoms with Gasteiger partial charge in [0.1, 0.15) is 18.3 Å². The highest BCUT2D eigenvalue weighted by Gasteiger charge is 2.56. The lowest BCUT2D eigenvalue weighted by molar-refractivity contribution is -0.157. The van der Waals surface area contributed by atoms with Gasteiger partial charge >= 0.3 is 24.0 Å². The first-order valence-corrected chi connectivity index (χ1v) is 27.6. The molecule has 3 unspecified atom stereocenters. The minimum Gasteiger partial charge on any atom is -0.480 e. The average Bonchev–Trinajstić information content (AvgIpc) is 4.24. The van der Waals surface area contributed by atoms with Crippen LogP contribution in [0, 0.1) is 13.8 Å². The van der Waals surface area contributed by atoms with Crippen LogP contribution in [0.15, 0.2) is 139 Å². The molecule has 390 valence electrons. The van der Waals surface area contributed by atoms with Crippen LogP contribution in [0.4, 0.5) is 9.59 Å². The van der Waals surface area contributed by atoms with Crippen molar-refractivity contribution in [1.82, 2.24) is 29.4 Å².